The number of aliphatic carboxylic acids is 1. The molecule has 4 atom stereocenters. The number of aliphatic hydroxyl groups excluding tert-OH is 1. The van der Waals surface area contributed by atoms with Gasteiger partial charge in [0.05, 0.1) is 18.7 Å². The predicted molar refractivity (Wildman–Crippen MR) is 100.0 cm³/mol. The fourth-order valence-corrected chi connectivity index (χ4v) is 4.88. The molecule has 1 aromatic rings. The van der Waals surface area contributed by atoms with Crippen LogP contribution in [0.4, 0.5) is 9.18 Å². The molecule has 1 heterocycles. The Kier molecular flexibility index (Phi) is 5.93. The van der Waals surface area contributed by atoms with Crippen molar-refractivity contribution in [2.45, 2.75) is 52.5 Å². The SMILES string of the molecule is CC[C@]1(C(=O)O)C[N@@+](C(=O)[O-])(C(C)(C)C)C[C@H](CO)[C@H]1c1cccc(F)c1C. The van der Waals surface area contributed by atoms with Gasteiger partial charge >= 0.3 is 5.97 Å². The lowest BCUT2D eigenvalue weighted by molar-refractivity contribution is -0.933. The van der Waals surface area contributed by atoms with Crippen molar-refractivity contribution < 1.29 is 33.8 Å². The van der Waals surface area contributed by atoms with Gasteiger partial charge in [0.1, 0.15) is 17.8 Å². The number of piperidine rings is 1. The van der Waals surface area contributed by atoms with E-state index < -0.39 is 51.8 Å². The van der Waals surface area contributed by atoms with E-state index in [1.807, 2.05) is 0 Å². The summed E-state index contributed by atoms with van der Waals surface area (Å²) in [4.78, 5) is 24.9. The molecule has 2 N–H and O–H groups in total. The van der Waals surface area contributed by atoms with Gasteiger partial charge in [0.25, 0.3) is 6.09 Å². The molecule has 1 amide bonds. The number of hydrogen-bond donors (Lipinski definition) is 2. The lowest BCUT2D eigenvalue weighted by atomic mass is 9.60. The van der Waals surface area contributed by atoms with E-state index in [4.69, 9.17) is 0 Å². The Bertz CT molecular complexity index is 775. The summed E-state index contributed by atoms with van der Waals surface area (Å²) in [7, 11) is 0. The minimum Gasteiger partial charge on any atom is -0.498 e. The molecule has 0 aromatic heterocycles. The van der Waals surface area contributed by atoms with Crippen LogP contribution in [0.2, 0.25) is 0 Å². The molecule has 1 saturated heterocycles. The molecule has 1 aliphatic rings. The molecule has 0 unspecified atom stereocenters. The number of carbonyl (C=O) groups excluding carboxylic acids is 1. The highest BCUT2D eigenvalue weighted by atomic mass is 19.1. The van der Waals surface area contributed by atoms with Crippen molar-refractivity contribution in [1.29, 1.82) is 0 Å². The van der Waals surface area contributed by atoms with Gasteiger partial charge in [-0.05, 0) is 51.3 Å². The number of carboxylic acid groups (broad SMARTS) is 2. The fourth-order valence-electron chi connectivity index (χ4n) is 4.88. The number of quaternary nitrogens is 1. The Balaban J connectivity index is 2.81. The maximum atomic E-state index is 14.3. The first-order valence-electron chi connectivity index (χ1n) is 9.56. The van der Waals surface area contributed by atoms with Gasteiger partial charge in [-0.2, -0.15) is 0 Å². The lowest BCUT2D eigenvalue weighted by Crippen LogP contribution is -2.76. The summed E-state index contributed by atoms with van der Waals surface area (Å²) >= 11 is 0. The monoisotopic (exact) mass is 395 g/mol. The number of carbonyl (C=O) groups is 2. The molecule has 0 bridgehead atoms. The minimum absolute atomic E-state index is 0.0119. The summed E-state index contributed by atoms with van der Waals surface area (Å²) in [5.41, 5.74) is -1.50. The Labute approximate surface area is 165 Å². The summed E-state index contributed by atoms with van der Waals surface area (Å²) in [6, 6.07) is 4.50. The largest absolute Gasteiger partial charge is 0.498 e. The number of halogens is 1. The van der Waals surface area contributed by atoms with Crippen molar-refractivity contribution in [2.75, 3.05) is 19.7 Å². The van der Waals surface area contributed by atoms with Crippen LogP contribution in [0.1, 0.15) is 51.2 Å². The molecule has 28 heavy (non-hydrogen) atoms. The van der Waals surface area contributed by atoms with E-state index in [1.165, 1.54) is 12.1 Å². The van der Waals surface area contributed by atoms with E-state index in [9.17, 15) is 29.3 Å². The smallest absolute Gasteiger partial charge is 0.316 e. The van der Waals surface area contributed by atoms with Gasteiger partial charge in [-0.3, -0.25) is 9.28 Å². The van der Waals surface area contributed by atoms with E-state index >= 15 is 0 Å². The first-order chi connectivity index (χ1) is 12.9. The second kappa shape index (κ2) is 7.44. The van der Waals surface area contributed by atoms with Gasteiger partial charge in [0.15, 0.2) is 0 Å². The Hall–Kier alpha value is -1.99. The molecule has 0 spiro atoms. The molecule has 156 valence electrons. The average molecular weight is 395 g/mol. The highest BCUT2D eigenvalue weighted by Crippen LogP contribution is 2.53. The first-order valence-corrected chi connectivity index (χ1v) is 9.56. The van der Waals surface area contributed by atoms with E-state index in [0.29, 0.717) is 11.1 Å². The molecule has 0 saturated carbocycles. The highest BCUT2D eigenvalue weighted by molar-refractivity contribution is 5.77. The standard InChI is InChI=1S/C21H30FNO5/c1-6-21(18(25)26)12-23(19(27)28,20(3,4)5)10-14(11-24)17(21)15-8-7-9-16(22)13(15)2/h7-9,14,17,24H,6,10-12H2,1-5H3,(H-,25,26,27,28)/t14-,17+,21+,23+/m1/s1. The lowest BCUT2D eigenvalue weighted by Gasteiger charge is -2.59. The predicted octanol–water partition coefficient (Wildman–Crippen LogP) is 2.28. The summed E-state index contributed by atoms with van der Waals surface area (Å²) < 4.78 is 13.7. The first kappa shape index (κ1) is 22.3. The third kappa shape index (κ3) is 3.20. The molecule has 1 aromatic carbocycles. The van der Waals surface area contributed by atoms with Gasteiger partial charge in [0.2, 0.25) is 0 Å². The van der Waals surface area contributed by atoms with Crippen LogP contribution >= 0.6 is 0 Å². The molecule has 1 aliphatic heterocycles. The molecule has 2 rings (SSSR count). The van der Waals surface area contributed by atoms with Crippen molar-refractivity contribution in [1.82, 2.24) is 0 Å². The third-order valence-corrected chi connectivity index (χ3v) is 6.73. The van der Waals surface area contributed by atoms with Gasteiger partial charge in [0, 0.05) is 11.8 Å². The van der Waals surface area contributed by atoms with Crippen molar-refractivity contribution in [3.63, 3.8) is 0 Å². The number of likely N-dealkylation sites (tertiary alicyclic amines) is 1. The second-order valence-electron chi connectivity index (χ2n) is 8.93. The fraction of sp³-hybridized carbons (Fsp3) is 0.619. The highest BCUT2D eigenvalue weighted by Gasteiger charge is 2.63. The molecule has 6 nitrogen and oxygen atoms in total. The molecule has 0 aliphatic carbocycles. The van der Waals surface area contributed by atoms with Gasteiger partial charge in [-0.1, -0.05) is 19.1 Å². The average Bonchev–Trinajstić information content (AvgIpc) is 2.61. The van der Waals surface area contributed by atoms with E-state index in [1.54, 1.807) is 40.7 Å². The molecule has 1 fully saturated rings. The van der Waals surface area contributed by atoms with Gasteiger partial charge in [-0.25, -0.2) is 4.39 Å². The Morgan fingerprint density at radius 1 is 1.36 bits per heavy atom. The number of benzene rings is 1. The van der Waals surface area contributed by atoms with E-state index in [0.717, 1.165) is 0 Å². The number of nitrogens with zero attached hydrogens (tertiary/aromatic N) is 1. The number of hydrogen-bond acceptors (Lipinski definition) is 4. The van der Waals surface area contributed by atoms with Crippen molar-refractivity contribution in [3.05, 3.63) is 35.1 Å². The number of aliphatic hydroxyl groups is 1. The third-order valence-electron chi connectivity index (χ3n) is 6.73. The summed E-state index contributed by atoms with van der Waals surface area (Å²) in [6.07, 6.45) is -1.22. The molecule has 7 heteroatoms. The van der Waals surface area contributed by atoms with E-state index in [-0.39, 0.29) is 19.5 Å². The van der Waals surface area contributed by atoms with Crippen LogP contribution in [0.5, 0.6) is 0 Å². The second-order valence-corrected chi connectivity index (χ2v) is 8.93. The van der Waals surface area contributed by atoms with Crippen LogP contribution < -0.4 is 5.11 Å². The molecule has 0 radical (unpaired) electrons. The van der Waals surface area contributed by atoms with Crippen molar-refractivity contribution >= 4 is 12.1 Å². The van der Waals surface area contributed by atoms with Crippen LogP contribution in [0.25, 0.3) is 0 Å². The number of rotatable bonds is 4. The number of amides is 1. The zero-order chi connectivity index (χ0) is 21.5. The molecular weight excluding hydrogens is 365 g/mol. The minimum atomic E-state index is -1.49. The van der Waals surface area contributed by atoms with Gasteiger partial charge < -0.3 is 20.1 Å². The normalized spacial score (nSPS) is 30.8. The quantitative estimate of drug-likeness (QED) is 0.763. The Morgan fingerprint density at radius 2 is 1.96 bits per heavy atom. The van der Waals surface area contributed by atoms with Crippen LogP contribution in [0.3, 0.4) is 0 Å². The maximum Gasteiger partial charge on any atom is 0.316 e. The van der Waals surface area contributed by atoms with Crippen LogP contribution in [-0.4, -0.2) is 52.0 Å². The summed E-state index contributed by atoms with van der Waals surface area (Å²) in [5, 5.41) is 32.7. The maximum absolute atomic E-state index is 14.3. The van der Waals surface area contributed by atoms with Crippen molar-refractivity contribution in [3.8, 4) is 0 Å². The summed E-state index contributed by atoms with van der Waals surface area (Å²) in [6.45, 7) is 7.88. The Morgan fingerprint density at radius 3 is 2.39 bits per heavy atom. The zero-order valence-corrected chi connectivity index (χ0v) is 17.2. The number of carboxylic acids is 1. The topological polar surface area (TPSA) is 97.7 Å². The van der Waals surface area contributed by atoms with Gasteiger partial charge in [-0.15, -0.1) is 0 Å². The van der Waals surface area contributed by atoms with Crippen LogP contribution in [0.15, 0.2) is 18.2 Å². The molecular formula is C21H30FNO5. The van der Waals surface area contributed by atoms with E-state index in [2.05, 4.69) is 0 Å². The zero-order valence-electron chi connectivity index (χ0n) is 17.2. The van der Waals surface area contributed by atoms with Crippen LogP contribution in [-0.2, 0) is 4.79 Å². The summed E-state index contributed by atoms with van der Waals surface area (Å²) in [5.74, 6) is -2.99. The van der Waals surface area contributed by atoms with Crippen LogP contribution in [0, 0.1) is 24.1 Å². The van der Waals surface area contributed by atoms with Crippen molar-refractivity contribution in [2.24, 2.45) is 11.3 Å².